The molecule has 0 radical (unpaired) electrons. The summed E-state index contributed by atoms with van der Waals surface area (Å²) in [5.74, 6) is 0. The number of hydrogen-bond donors (Lipinski definition) is 0. The number of nitrogens with zero attached hydrogens (tertiary/aromatic N) is 2. The summed E-state index contributed by atoms with van der Waals surface area (Å²) in [5.41, 5.74) is 2.00. The molecule has 1 heterocycles. The number of rotatable bonds is 6. The van der Waals surface area contributed by atoms with Crippen LogP contribution in [0.4, 0.5) is 11.4 Å². The molecule has 0 aliphatic heterocycles. The topological polar surface area (TPSA) is 24.7 Å². The fourth-order valence-electron chi connectivity index (χ4n) is 2.88. The Morgan fingerprint density at radius 3 is 1.21 bits per heavy atom. The molecular weight excluding hydrogens is 405 g/mol. The normalized spacial score (nSPS) is 12.9. The minimum absolute atomic E-state index is 0.998. The van der Waals surface area contributed by atoms with Gasteiger partial charge in [0.25, 0.3) is 0 Å². The predicted molar refractivity (Wildman–Crippen MR) is 138 cm³/mol. The average molecular weight is 435 g/mol. The van der Waals surface area contributed by atoms with Crippen molar-refractivity contribution >= 4 is 61.7 Å². The van der Waals surface area contributed by atoms with Crippen LogP contribution in [0.15, 0.2) is 70.6 Å². The van der Waals surface area contributed by atoms with E-state index in [0.29, 0.717) is 0 Å². The van der Waals surface area contributed by atoms with Crippen LogP contribution in [0.1, 0.15) is 9.75 Å². The molecule has 0 saturated carbocycles. The quantitative estimate of drug-likeness (QED) is 0.319. The molecule has 0 amide bonds. The number of aliphatic imine (C=N–C) groups is 2. The molecule has 2 nitrogen and oxygen atoms in total. The molecule has 1 aromatic heterocycles. The van der Waals surface area contributed by atoms with Crippen molar-refractivity contribution in [3.63, 3.8) is 0 Å². The van der Waals surface area contributed by atoms with Crippen LogP contribution in [0.3, 0.4) is 0 Å². The number of thiophene rings is 1. The van der Waals surface area contributed by atoms with Gasteiger partial charge in [0.05, 0.1) is 27.5 Å². The van der Waals surface area contributed by atoms with E-state index in [9.17, 15) is 0 Å². The van der Waals surface area contributed by atoms with Gasteiger partial charge in [-0.3, -0.25) is 9.98 Å². The maximum atomic E-state index is 4.62. The third kappa shape index (κ3) is 6.19. The van der Waals surface area contributed by atoms with Crippen molar-refractivity contribution in [2.24, 2.45) is 9.98 Å². The molecule has 29 heavy (non-hydrogen) atoms. The Labute approximate surface area is 181 Å². The molecule has 0 bridgehead atoms. The van der Waals surface area contributed by atoms with Crippen LogP contribution < -0.4 is 10.4 Å². The smallest absolute Gasteiger partial charge is 0.0775 e. The highest BCUT2D eigenvalue weighted by Gasteiger charge is 2.16. The summed E-state index contributed by atoms with van der Waals surface area (Å²) >= 11 is 1.70. The molecule has 0 atom stereocenters. The molecule has 0 saturated heterocycles. The lowest BCUT2D eigenvalue weighted by Crippen LogP contribution is -2.37. The van der Waals surface area contributed by atoms with Crippen LogP contribution in [0.25, 0.3) is 0 Å². The van der Waals surface area contributed by atoms with Crippen LogP contribution in [-0.2, 0) is 0 Å². The van der Waals surface area contributed by atoms with Crippen molar-refractivity contribution in [2.75, 3.05) is 0 Å². The Hall–Kier alpha value is -2.09. The summed E-state index contributed by atoms with van der Waals surface area (Å²) in [6, 6.07) is 21.5. The summed E-state index contributed by atoms with van der Waals surface area (Å²) in [5, 5.41) is 2.92. The van der Waals surface area contributed by atoms with Gasteiger partial charge in [0.15, 0.2) is 0 Å². The van der Waals surface area contributed by atoms with Gasteiger partial charge in [-0.05, 0) is 36.4 Å². The first-order valence-electron chi connectivity index (χ1n) is 10.0. The van der Waals surface area contributed by atoms with Crippen LogP contribution in [0.5, 0.6) is 0 Å². The number of benzene rings is 2. The maximum Gasteiger partial charge on any atom is 0.0775 e. The lowest BCUT2D eigenvalue weighted by Gasteiger charge is -2.16. The predicted octanol–water partition coefficient (Wildman–Crippen LogP) is 6.34. The van der Waals surface area contributed by atoms with E-state index in [1.807, 2.05) is 12.4 Å². The molecule has 0 spiro atoms. The van der Waals surface area contributed by atoms with Gasteiger partial charge >= 0.3 is 0 Å². The first kappa shape index (κ1) is 21.6. The van der Waals surface area contributed by atoms with Gasteiger partial charge in [-0.1, -0.05) is 73.9 Å². The molecule has 0 aliphatic rings. The second-order valence-electron chi connectivity index (χ2n) is 9.35. The number of hydrogen-bond acceptors (Lipinski definition) is 3. The highest BCUT2D eigenvalue weighted by atomic mass is 32.1. The largest absolute Gasteiger partial charge is 0.255 e. The summed E-state index contributed by atoms with van der Waals surface area (Å²) < 4.78 is 0. The Kier molecular flexibility index (Phi) is 6.51. The molecule has 0 fully saturated rings. The lowest BCUT2D eigenvalue weighted by molar-refractivity contribution is 1.54. The summed E-state index contributed by atoms with van der Waals surface area (Å²) in [6.07, 6.45) is 3.88. The molecule has 150 valence electrons. The van der Waals surface area contributed by atoms with Crippen LogP contribution in [0.2, 0.25) is 39.3 Å². The van der Waals surface area contributed by atoms with Gasteiger partial charge in [0, 0.05) is 22.2 Å². The van der Waals surface area contributed by atoms with Crippen LogP contribution in [-0.4, -0.2) is 28.6 Å². The van der Waals surface area contributed by atoms with E-state index in [4.69, 9.17) is 0 Å². The Bertz CT molecular complexity index is 921. The van der Waals surface area contributed by atoms with Crippen molar-refractivity contribution in [2.45, 2.75) is 39.3 Å². The minimum atomic E-state index is -1.25. The van der Waals surface area contributed by atoms with Crippen molar-refractivity contribution in [1.29, 1.82) is 0 Å². The monoisotopic (exact) mass is 434 g/mol. The molecule has 3 rings (SSSR count). The Morgan fingerprint density at radius 2 is 0.897 bits per heavy atom. The molecule has 5 heteroatoms. The molecular formula is C24H30N2SSi2. The van der Waals surface area contributed by atoms with Gasteiger partial charge in [-0.25, -0.2) is 0 Å². The van der Waals surface area contributed by atoms with E-state index in [0.717, 1.165) is 21.1 Å². The standard InChI is InChI=1S/C24H30N2SSi2/c1-28(2,3)23-13-7-19(8-14-23)25-17-21-11-12-22(27-21)18-26-20-9-15-24(16-10-20)29(4,5)6/h7-18H,1-6H3. The summed E-state index contributed by atoms with van der Waals surface area (Å²) in [4.78, 5) is 11.5. The van der Waals surface area contributed by atoms with Crippen molar-refractivity contribution in [3.05, 3.63) is 70.4 Å². The van der Waals surface area contributed by atoms with E-state index in [2.05, 4.69) is 110 Å². The first-order valence-corrected chi connectivity index (χ1v) is 17.8. The summed E-state index contributed by atoms with van der Waals surface area (Å²) in [7, 11) is -2.50. The first-order chi connectivity index (χ1) is 13.6. The zero-order chi connectivity index (χ0) is 21.1. The van der Waals surface area contributed by atoms with Crippen molar-refractivity contribution in [3.8, 4) is 0 Å². The molecule has 3 aromatic rings. The third-order valence-electron chi connectivity index (χ3n) is 4.80. The molecule has 0 aliphatic carbocycles. The fraction of sp³-hybridized carbons (Fsp3) is 0.250. The van der Waals surface area contributed by atoms with Gasteiger partial charge in [0.1, 0.15) is 0 Å². The Morgan fingerprint density at radius 1 is 0.552 bits per heavy atom. The average Bonchev–Trinajstić information content (AvgIpc) is 3.12. The fourth-order valence-corrected chi connectivity index (χ4v) is 5.97. The molecule has 0 N–H and O–H groups in total. The van der Waals surface area contributed by atoms with E-state index in [-0.39, 0.29) is 0 Å². The maximum absolute atomic E-state index is 4.62. The second kappa shape index (κ2) is 8.73. The van der Waals surface area contributed by atoms with Crippen molar-refractivity contribution < 1.29 is 0 Å². The third-order valence-corrected chi connectivity index (χ3v) is 9.88. The molecule has 2 aromatic carbocycles. The van der Waals surface area contributed by atoms with Crippen LogP contribution >= 0.6 is 11.3 Å². The zero-order valence-electron chi connectivity index (χ0n) is 18.2. The van der Waals surface area contributed by atoms with Gasteiger partial charge in [-0.15, -0.1) is 11.3 Å². The highest BCUT2D eigenvalue weighted by Crippen LogP contribution is 2.18. The van der Waals surface area contributed by atoms with Gasteiger partial charge in [-0.2, -0.15) is 0 Å². The van der Waals surface area contributed by atoms with E-state index >= 15 is 0 Å². The van der Waals surface area contributed by atoms with E-state index < -0.39 is 16.1 Å². The van der Waals surface area contributed by atoms with Gasteiger partial charge in [0.2, 0.25) is 0 Å². The zero-order valence-corrected chi connectivity index (χ0v) is 21.0. The van der Waals surface area contributed by atoms with E-state index in [1.54, 1.807) is 11.3 Å². The second-order valence-corrected chi connectivity index (χ2v) is 20.7. The van der Waals surface area contributed by atoms with Crippen LogP contribution in [0, 0.1) is 0 Å². The molecule has 0 unspecified atom stereocenters. The summed E-state index contributed by atoms with van der Waals surface area (Å²) in [6.45, 7) is 14.2. The highest BCUT2D eigenvalue weighted by molar-refractivity contribution is 7.15. The van der Waals surface area contributed by atoms with E-state index in [1.165, 1.54) is 10.4 Å². The Balaban J connectivity index is 1.64. The van der Waals surface area contributed by atoms with Crippen molar-refractivity contribution in [1.82, 2.24) is 0 Å². The SMILES string of the molecule is C[Si](C)(C)c1ccc(N=Cc2ccc(C=Nc3ccc([Si](C)(C)C)cc3)s2)cc1. The lowest BCUT2D eigenvalue weighted by atomic mass is 10.3. The minimum Gasteiger partial charge on any atom is -0.255 e. The van der Waals surface area contributed by atoms with Gasteiger partial charge < -0.3 is 0 Å².